The number of halogens is 2. The number of thioether (sulfide) groups is 1. The number of nitriles is 1. The number of amidine groups is 1. The van der Waals surface area contributed by atoms with E-state index in [0.29, 0.717) is 20.9 Å². The van der Waals surface area contributed by atoms with Gasteiger partial charge in [0.15, 0.2) is 15.0 Å². The number of anilines is 1. The number of sulfone groups is 1. The topological polar surface area (TPSA) is 90.6 Å². The largest absolute Gasteiger partial charge is 0.315 e. The first-order valence-electron chi connectivity index (χ1n) is 6.90. The zero-order valence-electron chi connectivity index (χ0n) is 12.1. The number of fused-ring (bicyclic) bond motifs is 1. The molecule has 2 aliphatic heterocycles. The normalized spacial score (nSPS) is 26.4. The lowest BCUT2D eigenvalue weighted by Crippen LogP contribution is -2.37. The van der Waals surface area contributed by atoms with Crippen LogP contribution in [0.3, 0.4) is 0 Å². The maximum absolute atomic E-state index is 11.9. The average Bonchev–Trinajstić information content (AvgIpc) is 2.88. The number of hydrogen-bond donors (Lipinski definition) is 0. The predicted molar refractivity (Wildman–Crippen MR) is 95.4 cm³/mol. The van der Waals surface area contributed by atoms with Crippen LogP contribution in [0.1, 0.15) is 6.42 Å². The summed E-state index contributed by atoms with van der Waals surface area (Å²) in [7, 11) is -3.15. The van der Waals surface area contributed by atoms with E-state index >= 15 is 0 Å². The molecular formula is C14H11Cl2N3O3S2. The molecule has 1 aromatic rings. The van der Waals surface area contributed by atoms with Crippen LogP contribution in [-0.2, 0) is 14.6 Å². The van der Waals surface area contributed by atoms with Gasteiger partial charge in [0.05, 0.1) is 23.6 Å². The number of amides is 1. The van der Waals surface area contributed by atoms with Gasteiger partial charge in [0.1, 0.15) is 6.42 Å². The van der Waals surface area contributed by atoms with E-state index in [1.54, 1.807) is 29.2 Å². The molecular weight excluding hydrogens is 393 g/mol. The maximum Gasteiger partial charge on any atom is 0.262 e. The van der Waals surface area contributed by atoms with Gasteiger partial charge >= 0.3 is 0 Å². The van der Waals surface area contributed by atoms with Gasteiger partial charge in [0.25, 0.3) is 5.91 Å². The van der Waals surface area contributed by atoms with Crippen molar-refractivity contribution in [1.82, 2.24) is 0 Å². The Hall–Kier alpha value is -1.27. The van der Waals surface area contributed by atoms with Gasteiger partial charge in [-0.25, -0.2) is 8.42 Å². The first-order chi connectivity index (χ1) is 11.3. The molecule has 2 saturated heterocycles. The highest BCUT2D eigenvalue weighted by Gasteiger charge is 2.49. The van der Waals surface area contributed by atoms with Crippen molar-refractivity contribution < 1.29 is 13.2 Å². The Balaban J connectivity index is 2.04. The number of benzene rings is 1. The molecule has 0 bridgehead atoms. The van der Waals surface area contributed by atoms with Crippen LogP contribution < -0.4 is 4.90 Å². The minimum atomic E-state index is -3.15. The van der Waals surface area contributed by atoms with Crippen LogP contribution >= 0.6 is 35.0 Å². The van der Waals surface area contributed by atoms with Gasteiger partial charge in [-0.1, -0.05) is 35.0 Å². The standard InChI is InChI=1S/C14H11Cl2N3O3S2/c15-8-3-9(16)5-10(4-8)19-11-6-24(21,22)7-12(11)23-14(19)18-13(20)1-2-17/h3-5,11-12H,1,6-7H2. The molecule has 6 nitrogen and oxygen atoms in total. The van der Waals surface area contributed by atoms with Crippen LogP contribution in [0.5, 0.6) is 0 Å². The summed E-state index contributed by atoms with van der Waals surface area (Å²) in [4.78, 5) is 17.4. The molecule has 2 atom stereocenters. The second-order valence-corrected chi connectivity index (χ2v) is 9.65. The molecule has 1 amide bonds. The Bertz CT molecular complexity index is 859. The van der Waals surface area contributed by atoms with E-state index in [4.69, 9.17) is 28.5 Å². The fourth-order valence-electron chi connectivity index (χ4n) is 2.76. The zero-order chi connectivity index (χ0) is 17.5. The summed E-state index contributed by atoms with van der Waals surface area (Å²) in [6.07, 6.45) is -0.332. The SMILES string of the molecule is N#CCC(=O)N=C1SC2CS(=O)(=O)CC2N1c1cc(Cl)cc(Cl)c1. The van der Waals surface area contributed by atoms with Crippen LogP contribution in [0.4, 0.5) is 5.69 Å². The number of carbonyl (C=O) groups excluding carboxylic acids is 1. The summed E-state index contributed by atoms with van der Waals surface area (Å²) in [5.74, 6) is -0.570. The highest BCUT2D eigenvalue weighted by Crippen LogP contribution is 2.42. The van der Waals surface area contributed by atoms with E-state index < -0.39 is 15.7 Å². The first-order valence-corrected chi connectivity index (χ1v) is 10.4. The first kappa shape index (κ1) is 17.5. The zero-order valence-corrected chi connectivity index (χ0v) is 15.3. The van der Waals surface area contributed by atoms with Gasteiger partial charge in [0, 0.05) is 21.0 Å². The summed E-state index contributed by atoms with van der Waals surface area (Å²) in [5.41, 5.74) is 0.577. The Kier molecular flexibility index (Phi) is 4.80. The number of carbonyl (C=O) groups is 1. The van der Waals surface area contributed by atoms with Crippen molar-refractivity contribution in [3.8, 4) is 6.07 Å². The molecule has 2 aliphatic rings. The summed E-state index contributed by atoms with van der Waals surface area (Å²) in [6.45, 7) is 0. The van der Waals surface area contributed by atoms with Gasteiger partial charge in [-0.2, -0.15) is 10.3 Å². The van der Waals surface area contributed by atoms with Crippen molar-refractivity contribution in [2.45, 2.75) is 17.7 Å². The molecule has 0 aromatic heterocycles. The second kappa shape index (κ2) is 6.56. The number of hydrogen-bond acceptors (Lipinski definition) is 5. The van der Waals surface area contributed by atoms with E-state index in [1.165, 1.54) is 11.8 Å². The fourth-order valence-corrected chi connectivity index (χ4v) is 7.20. The molecule has 2 unspecified atom stereocenters. The number of aliphatic imine (C=N–C) groups is 1. The average molecular weight is 404 g/mol. The minimum absolute atomic E-state index is 0.0264. The highest BCUT2D eigenvalue weighted by molar-refractivity contribution is 8.16. The molecule has 0 aliphatic carbocycles. The molecule has 24 heavy (non-hydrogen) atoms. The molecule has 10 heteroatoms. The van der Waals surface area contributed by atoms with Crippen LogP contribution in [0.25, 0.3) is 0 Å². The Labute approximate surface area is 153 Å². The fraction of sp³-hybridized carbons (Fsp3) is 0.357. The van der Waals surface area contributed by atoms with Crippen molar-refractivity contribution in [2.24, 2.45) is 4.99 Å². The molecule has 0 N–H and O–H groups in total. The summed E-state index contributed by atoms with van der Waals surface area (Å²) < 4.78 is 23.9. The van der Waals surface area contributed by atoms with Crippen LogP contribution in [0, 0.1) is 11.3 Å². The molecule has 3 rings (SSSR count). The third-order valence-corrected chi connectivity index (χ3v) is 7.29. The summed E-state index contributed by atoms with van der Waals surface area (Å²) in [6, 6.07) is 6.27. The van der Waals surface area contributed by atoms with E-state index in [9.17, 15) is 13.2 Å². The summed E-state index contributed by atoms with van der Waals surface area (Å²) >= 11 is 13.3. The minimum Gasteiger partial charge on any atom is -0.315 e. The third kappa shape index (κ3) is 3.54. The van der Waals surface area contributed by atoms with E-state index in [2.05, 4.69) is 4.99 Å². The molecule has 0 spiro atoms. The number of rotatable bonds is 2. The predicted octanol–water partition coefficient (Wildman–Crippen LogP) is 2.51. The van der Waals surface area contributed by atoms with Gasteiger partial charge in [-0.15, -0.1) is 0 Å². The van der Waals surface area contributed by atoms with Crippen molar-refractivity contribution in [2.75, 3.05) is 16.4 Å². The maximum atomic E-state index is 11.9. The third-order valence-electron chi connectivity index (χ3n) is 3.64. The lowest BCUT2D eigenvalue weighted by molar-refractivity contribution is -0.116. The monoisotopic (exact) mass is 403 g/mol. The summed E-state index contributed by atoms with van der Waals surface area (Å²) in [5, 5.41) is 9.57. The van der Waals surface area contributed by atoms with Crippen molar-refractivity contribution in [3.05, 3.63) is 28.2 Å². The molecule has 0 saturated carbocycles. The quantitative estimate of drug-likeness (QED) is 0.753. The van der Waals surface area contributed by atoms with Crippen LogP contribution in [0.15, 0.2) is 23.2 Å². The Morgan fingerprint density at radius 3 is 2.62 bits per heavy atom. The smallest absolute Gasteiger partial charge is 0.262 e. The van der Waals surface area contributed by atoms with Crippen LogP contribution in [-0.4, -0.2) is 42.3 Å². The molecule has 0 radical (unpaired) electrons. The Morgan fingerprint density at radius 2 is 2.00 bits per heavy atom. The van der Waals surface area contributed by atoms with Gasteiger partial charge < -0.3 is 4.90 Å². The van der Waals surface area contributed by atoms with Crippen LogP contribution in [0.2, 0.25) is 10.0 Å². The van der Waals surface area contributed by atoms with E-state index in [1.807, 2.05) is 0 Å². The molecule has 2 fully saturated rings. The number of nitrogens with zero attached hydrogens (tertiary/aromatic N) is 3. The van der Waals surface area contributed by atoms with Gasteiger partial charge in [0.2, 0.25) is 0 Å². The van der Waals surface area contributed by atoms with E-state index in [0.717, 1.165) is 0 Å². The van der Waals surface area contributed by atoms with E-state index in [-0.39, 0.29) is 29.2 Å². The van der Waals surface area contributed by atoms with Crippen molar-refractivity contribution in [3.63, 3.8) is 0 Å². The van der Waals surface area contributed by atoms with Gasteiger partial charge in [-0.3, -0.25) is 4.79 Å². The molecule has 126 valence electrons. The molecule has 1 aromatic carbocycles. The van der Waals surface area contributed by atoms with Crippen molar-refractivity contribution >= 4 is 61.6 Å². The lowest BCUT2D eigenvalue weighted by atomic mass is 10.2. The van der Waals surface area contributed by atoms with Gasteiger partial charge in [-0.05, 0) is 18.2 Å². The Morgan fingerprint density at radius 1 is 1.33 bits per heavy atom. The highest BCUT2D eigenvalue weighted by atomic mass is 35.5. The van der Waals surface area contributed by atoms with Crippen molar-refractivity contribution in [1.29, 1.82) is 5.26 Å². The lowest BCUT2D eigenvalue weighted by Gasteiger charge is -2.24. The second-order valence-electron chi connectivity index (χ2n) is 5.42. The molecule has 2 heterocycles.